The lowest BCUT2D eigenvalue weighted by molar-refractivity contribution is -0.123. The SMILES string of the molecule is CNC(=O)C[C@H]1C[C@H]2CN(C(=O)c3ncc(Cl)cn3)C[C@H]2O1. The summed E-state index contributed by atoms with van der Waals surface area (Å²) in [5.41, 5.74) is 0. The van der Waals surface area contributed by atoms with Crippen LogP contribution in [0.3, 0.4) is 0 Å². The van der Waals surface area contributed by atoms with Crippen LogP contribution in [0.15, 0.2) is 12.4 Å². The van der Waals surface area contributed by atoms with Gasteiger partial charge in [0.1, 0.15) is 0 Å². The van der Waals surface area contributed by atoms with E-state index in [1.807, 2.05) is 0 Å². The third-order valence-corrected chi connectivity index (χ3v) is 4.30. The molecule has 2 aliphatic rings. The van der Waals surface area contributed by atoms with Gasteiger partial charge in [-0.1, -0.05) is 11.6 Å². The van der Waals surface area contributed by atoms with Crippen molar-refractivity contribution in [1.29, 1.82) is 0 Å². The molecule has 2 fully saturated rings. The molecule has 0 aliphatic carbocycles. The number of aromatic nitrogens is 2. The Morgan fingerprint density at radius 2 is 2.14 bits per heavy atom. The average Bonchev–Trinajstić information content (AvgIpc) is 3.05. The highest BCUT2D eigenvalue weighted by Crippen LogP contribution is 2.34. The molecule has 8 heteroatoms. The van der Waals surface area contributed by atoms with E-state index in [1.54, 1.807) is 11.9 Å². The van der Waals surface area contributed by atoms with Crippen LogP contribution in [0.2, 0.25) is 5.02 Å². The summed E-state index contributed by atoms with van der Waals surface area (Å²) in [6.07, 6.45) is 3.93. The van der Waals surface area contributed by atoms with Crippen molar-refractivity contribution >= 4 is 23.4 Å². The van der Waals surface area contributed by atoms with Gasteiger partial charge in [0.05, 0.1) is 23.7 Å². The van der Waals surface area contributed by atoms with Crippen molar-refractivity contribution in [3.8, 4) is 0 Å². The number of hydrogen-bond acceptors (Lipinski definition) is 5. The zero-order chi connectivity index (χ0) is 15.7. The normalized spacial score (nSPS) is 26.8. The van der Waals surface area contributed by atoms with E-state index in [9.17, 15) is 9.59 Å². The maximum Gasteiger partial charge on any atom is 0.291 e. The van der Waals surface area contributed by atoms with Gasteiger partial charge in [0.25, 0.3) is 5.91 Å². The molecule has 0 bridgehead atoms. The average molecular weight is 325 g/mol. The lowest BCUT2D eigenvalue weighted by atomic mass is 10.0. The number of fused-ring (bicyclic) bond motifs is 1. The summed E-state index contributed by atoms with van der Waals surface area (Å²) in [5, 5.41) is 3.00. The van der Waals surface area contributed by atoms with Gasteiger partial charge in [0.15, 0.2) is 0 Å². The number of amides is 2. The fourth-order valence-electron chi connectivity index (χ4n) is 3.03. The standard InChI is InChI=1S/C14H17ClN4O3/c1-16-12(20)3-10-2-8-6-19(7-11(8)22-10)14(21)13-17-4-9(15)5-18-13/h4-5,8,10-11H,2-3,6-7H2,1H3,(H,16,20)/t8-,10+,11+/m0/s1. The number of hydrogen-bond donors (Lipinski definition) is 1. The molecule has 22 heavy (non-hydrogen) atoms. The van der Waals surface area contributed by atoms with Crippen LogP contribution in [0.25, 0.3) is 0 Å². The van der Waals surface area contributed by atoms with E-state index in [-0.39, 0.29) is 35.8 Å². The van der Waals surface area contributed by atoms with Gasteiger partial charge in [-0.3, -0.25) is 9.59 Å². The first-order chi connectivity index (χ1) is 10.6. The number of carbonyl (C=O) groups excluding carboxylic acids is 2. The highest BCUT2D eigenvalue weighted by atomic mass is 35.5. The van der Waals surface area contributed by atoms with E-state index in [2.05, 4.69) is 15.3 Å². The third kappa shape index (κ3) is 3.05. The molecule has 1 aromatic rings. The number of nitrogens with one attached hydrogen (secondary N) is 1. The topological polar surface area (TPSA) is 84.4 Å². The highest BCUT2D eigenvalue weighted by Gasteiger charge is 2.44. The Bertz CT molecular complexity index is 566. The Labute approximate surface area is 133 Å². The molecule has 3 rings (SSSR count). The Balaban J connectivity index is 1.58. The second-order valence-electron chi connectivity index (χ2n) is 5.60. The minimum Gasteiger partial charge on any atom is -0.372 e. The summed E-state index contributed by atoms with van der Waals surface area (Å²) in [7, 11) is 1.62. The van der Waals surface area contributed by atoms with Crippen LogP contribution in [0.1, 0.15) is 23.5 Å². The first-order valence-corrected chi connectivity index (χ1v) is 7.57. The van der Waals surface area contributed by atoms with Gasteiger partial charge in [0, 0.05) is 38.4 Å². The molecule has 118 valence electrons. The van der Waals surface area contributed by atoms with Crippen molar-refractivity contribution in [1.82, 2.24) is 20.2 Å². The van der Waals surface area contributed by atoms with E-state index in [0.29, 0.717) is 24.5 Å². The van der Waals surface area contributed by atoms with Gasteiger partial charge in [-0.05, 0) is 6.42 Å². The molecule has 1 aromatic heterocycles. The van der Waals surface area contributed by atoms with Crippen LogP contribution in [-0.2, 0) is 9.53 Å². The second kappa shape index (κ2) is 6.18. The molecule has 2 saturated heterocycles. The van der Waals surface area contributed by atoms with Gasteiger partial charge in [0.2, 0.25) is 11.7 Å². The molecule has 1 N–H and O–H groups in total. The molecule has 0 saturated carbocycles. The summed E-state index contributed by atoms with van der Waals surface area (Å²) in [4.78, 5) is 33.3. The van der Waals surface area contributed by atoms with Crippen LogP contribution >= 0.6 is 11.6 Å². The van der Waals surface area contributed by atoms with Crippen molar-refractivity contribution in [2.24, 2.45) is 5.92 Å². The number of ether oxygens (including phenoxy) is 1. The van der Waals surface area contributed by atoms with Crippen LogP contribution < -0.4 is 5.32 Å². The molecular formula is C14H17ClN4O3. The minimum atomic E-state index is -0.211. The molecular weight excluding hydrogens is 308 g/mol. The molecule has 0 radical (unpaired) electrons. The smallest absolute Gasteiger partial charge is 0.291 e. The summed E-state index contributed by atoms with van der Waals surface area (Å²) in [5.74, 6) is 0.183. The molecule has 0 spiro atoms. The van der Waals surface area contributed by atoms with E-state index >= 15 is 0 Å². The molecule has 3 heterocycles. The van der Waals surface area contributed by atoms with Crippen molar-refractivity contribution < 1.29 is 14.3 Å². The number of nitrogens with zero attached hydrogens (tertiary/aromatic N) is 3. The molecule has 3 atom stereocenters. The maximum atomic E-state index is 12.3. The quantitative estimate of drug-likeness (QED) is 0.875. The summed E-state index contributed by atoms with van der Waals surface area (Å²) in [6, 6.07) is 0. The lowest BCUT2D eigenvalue weighted by Gasteiger charge is -2.18. The minimum absolute atomic E-state index is 0.00842. The zero-order valence-electron chi connectivity index (χ0n) is 12.2. The van der Waals surface area contributed by atoms with Crippen LogP contribution in [0.5, 0.6) is 0 Å². The van der Waals surface area contributed by atoms with Crippen molar-refractivity contribution in [3.63, 3.8) is 0 Å². The molecule has 2 amide bonds. The summed E-state index contributed by atoms with van der Waals surface area (Å²) < 4.78 is 5.88. The van der Waals surface area contributed by atoms with Gasteiger partial charge in [-0.15, -0.1) is 0 Å². The van der Waals surface area contributed by atoms with Crippen LogP contribution in [-0.4, -0.2) is 59.0 Å². The summed E-state index contributed by atoms with van der Waals surface area (Å²) in [6.45, 7) is 1.12. The second-order valence-corrected chi connectivity index (χ2v) is 6.04. The number of rotatable bonds is 3. The van der Waals surface area contributed by atoms with Crippen LogP contribution in [0.4, 0.5) is 0 Å². The van der Waals surface area contributed by atoms with Gasteiger partial charge in [-0.25, -0.2) is 9.97 Å². The Morgan fingerprint density at radius 1 is 1.41 bits per heavy atom. The molecule has 7 nitrogen and oxygen atoms in total. The highest BCUT2D eigenvalue weighted by molar-refractivity contribution is 6.30. The molecule has 2 aliphatic heterocycles. The fourth-order valence-corrected chi connectivity index (χ4v) is 3.13. The van der Waals surface area contributed by atoms with Crippen molar-refractivity contribution in [2.45, 2.75) is 25.0 Å². The molecule has 0 unspecified atom stereocenters. The Morgan fingerprint density at radius 3 is 2.77 bits per heavy atom. The van der Waals surface area contributed by atoms with Gasteiger partial charge in [-0.2, -0.15) is 0 Å². The van der Waals surface area contributed by atoms with Gasteiger partial charge >= 0.3 is 0 Å². The first kappa shape index (κ1) is 15.2. The monoisotopic (exact) mass is 324 g/mol. The molecule has 0 aromatic carbocycles. The van der Waals surface area contributed by atoms with E-state index in [4.69, 9.17) is 16.3 Å². The van der Waals surface area contributed by atoms with E-state index in [1.165, 1.54) is 12.4 Å². The largest absolute Gasteiger partial charge is 0.372 e. The zero-order valence-corrected chi connectivity index (χ0v) is 12.9. The maximum absolute atomic E-state index is 12.3. The van der Waals surface area contributed by atoms with E-state index in [0.717, 1.165) is 6.42 Å². The predicted molar refractivity (Wildman–Crippen MR) is 78.4 cm³/mol. The lowest BCUT2D eigenvalue weighted by Crippen LogP contribution is -2.33. The first-order valence-electron chi connectivity index (χ1n) is 7.19. The third-order valence-electron chi connectivity index (χ3n) is 4.10. The fraction of sp³-hybridized carbons (Fsp3) is 0.571. The number of carbonyl (C=O) groups is 2. The predicted octanol–water partition coefficient (Wildman–Crippen LogP) is 0.496. The number of halogens is 1. The Hall–Kier alpha value is -1.73. The van der Waals surface area contributed by atoms with Crippen molar-refractivity contribution in [2.75, 3.05) is 20.1 Å². The summed E-state index contributed by atoms with van der Waals surface area (Å²) >= 11 is 5.72. The van der Waals surface area contributed by atoms with E-state index < -0.39 is 0 Å². The Kier molecular flexibility index (Phi) is 4.26. The van der Waals surface area contributed by atoms with Gasteiger partial charge < -0.3 is 15.0 Å². The number of likely N-dealkylation sites (tertiary alicyclic amines) is 1. The van der Waals surface area contributed by atoms with Crippen molar-refractivity contribution in [3.05, 3.63) is 23.2 Å². The van der Waals surface area contributed by atoms with Crippen LogP contribution in [0, 0.1) is 5.92 Å².